The van der Waals surface area contributed by atoms with E-state index in [0.29, 0.717) is 6.04 Å². The van der Waals surface area contributed by atoms with E-state index in [0.717, 1.165) is 18.9 Å². The number of benzene rings is 1. The van der Waals surface area contributed by atoms with E-state index in [-0.39, 0.29) is 0 Å². The Morgan fingerprint density at radius 1 is 0.810 bits per heavy atom. The minimum absolute atomic E-state index is 0.636. The average Bonchev–Trinajstić information content (AvgIpc) is 2.52. The first-order chi connectivity index (χ1) is 10.2. The van der Waals surface area contributed by atoms with Crippen LogP contribution in [0.2, 0.25) is 0 Å². The Morgan fingerprint density at radius 2 is 1.38 bits per heavy atom. The predicted molar refractivity (Wildman–Crippen MR) is 94.9 cm³/mol. The third-order valence-electron chi connectivity index (χ3n) is 4.43. The molecule has 0 aliphatic rings. The zero-order valence-corrected chi connectivity index (χ0v) is 14.6. The highest BCUT2D eigenvalue weighted by Crippen LogP contribution is 2.21. The molecule has 1 atom stereocenters. The Labute approximate surface area is 132 Å². The van der Waals surface area contributed by atoms with Gasteiger partial charge in [0.15, 0.2) is 0 Å². The monoisotopic (exact) mass is 289 g/mol. The summed E-state index contributed by atoms with van der Waals surface area (Å²) in [7, 11) is 0. The van der Waals surface area contributed by atoms with Gasteiger partial charge in [-0.2, -0.15) is 0 Å². The minimum atomic E-state index is 0.636. The minimum Gasteiger partial charge on any atom is -0.313 e. The zero-order chi connectivity index (χ0) is 15.5. The van der Waals surface area contributed by atoms with Crippen molar-refractivity contribution < 1.29 is 0 Å². The normalized spacial score (nSPS) is 12.8. The highest BCUT2D eigenvalue weighted by molar-refractivity contribution is 5.23. The molecule has 0 saturated carbocycles. The summed E-state index contributed by atoms with van der Waals surface area (Å²) in [6.45, 7) is 10.3. The van der Waals surface area contributed by atoms with Gasteiger partial charge in [0.2, 0.25) is 0 Å². The number of rotatable bonds is 11. The first kappa shape index (κ1) is 18.2. The van der Waals surface area contributed by atoms with Crippen molar-refractivity contribution in [2.24, 2.45) is 5.92 Å². The van der Waals surface area contributed by atoms with Crippen LogP contribution in [0.5, 0.6) is 0 Å². The first-order valence-electron chi connectivity index (χ1n) is 9.06. The molecule has 0 fully saturated rings. The lowest BCUT2D eigenvalue weighted by atomic mass is 9.86. The second kappa shape index (κ2) is 10.8. The molecule has 1 aromatic carbocycles. The Bertz CT molecular complexity index is 349. The summed E-state index contributed by atoms with van der Waals surface area (Å²) in [4.78, 5) is 0. The van der Waals surface area contributed by atoms with Crippen LogP contribution in [0.25, 0.3) is 0 Å². The van der Waals surface area contributed by atoms with E-state index >= 15 is 0 Å². The quantitative estimate of drug-likeness (QED) is 0.577. The van der Waals surface area contributed by atoms with Crippen molar-refractivity contribution in [1.29, 1.82) is 0 Å². The molecule has 0 radical (unpaired) electrons. The summed E-state index contributed by atoms with van der Waals surface area (Å²) >= 11 is 0. The average molecular weight is 290 g/mol. The van der Waals surface area contributed by atoms with Crippen LogP contribution in [0.4, 0.5) is 0 Å². The van der Waals surface area contributed by atoms with Crippen molar-refractivity contribution in [2.75, 3.05) is 6.54 Å². The summed E-state index contributed by atoms with van der Waals surface area (Å²) < 4.78 is 0. The van der Waals surface area contributed by atoms with E-state index in [1.54, 1.807) is 0 Å². The Balaban J connectivity index is 2.73. The zero-order valence-electron chi connectivity index (χ0n) is 14.6. The van der Waals surface area contributed by atoms with Gasteiger partial charge in [-0.25, -0.2) is 0 Å². The molecule has 0 aliphatic heterocycles. The Kier molecular flexibility index (Phi) is 9.41. The topological polar surface area (TPSA) is 12.0 Å². The lowest BCUT2D eigenvalue weighted by Gasteiger charge is -2.28. The highest BCUT2D eigenvalue weighted by Gasteiger charge is 2.19. The molecule has 0 amide bonds. The standard InChI is InChI=1S/C20H35N/c1-5-9-19(10-6-2)20(21-15-7-3)16-18-13-11-17(8-4)12-14-18/h11-14,19-21H,5-10,15-16H2,1-4H3. The third-order valence-corrected chi connectivity index (χ3v) is 4.43. The predicted octanol–water partition coefficient (Wildman–Crippen LogP) is 5.38. The maximum Gasteiger partial charge on any atom is 0.0136 e. The summed E-state index contributed by atoms with van der Waals surface area (Å²) in [5, 5.41) is 3.82. The maximum atomic E-state index is 3.82. The van der Waals surface area contributed by atoms with E-state index in [4.69, 9.17) is 0 Å². The molecule has 0 aliphatic carbocycles. The molecular weight excluding hydrogens is 254 g/mol. The van der Waals surface area contributed by atoms with Gasteiger partial charge in [-0.15, -0.1) is 0 Å². The smallest absolute Gasteiger partial charge is 0.0136 e. The van der Waals surface area contributed by atoms with Gasteiger partial charge < -0.3 is 5.32 Å². The van der Waals surface area contributed by atoms with Gasteiger partial charge in [-0.3, -0.25) is 0 Å². The lowest BCUT2D eigenvalue weighted by molar-refractivity contribution is 0.308. The first-order valence-corrected chi connectivity index (χ1v) is 9.06. The molecule has 0 saturated heterocycles. The molecule has 1 nitrogen and oxygen atoms in total. The van der Waals surface area contributed by atoms with Crippen LogP contribution >= 0.6 is 0 Å². The van der Waals surface area contributed by atoms with E-state index in [2.05, 4.69) is 57.3 Å². The molecule has 1 heteroatoms. The van der Waals surface area contributed by atoms with Gasteiger partial charge in [0.1, 0.15) is 0 Å². The van der Waals surface area contributed by atoms with Gasteiger partial charge in [0.05, 0.1) is 0 Å². The maximum absolute atomic E-state index is 3.82. The molecule has 0 spiro atoms. The van der Waals surface area contributed by atoms with E-state index in [1.165, 1.54) is 49.7 Å². The molecular formula is C20H35N. The molecule has 1 aromatic rings. The molecule has 1 unspecified atom stereocenters. The second-order valence-electron chi connectivity index (χ2n) is 6.27. The van der Waals surface area contributed by atoms with Crippen LogP contribution in [0, 0.1) is 5.92 Å². The molecule has 0 aromatic heterocycles. The van der Waals surface area contributed by atoms with Gasteiger partial charge in [0.25, 0.3) is 0 Å². The van der Waals surface area contributed by atoms with Crippen LogP contribution in [-0.4, -0.2) is 12.6 Å². The van der Waals surface area contributed by atoms with Crippen molar-refractivity contribution >= 4 is 0 Å². The molecule has 0 bridgehead atoms. The third kappa shape index (κ3) is 6.65. The van der Waals surface area contributed by atoms with Crippen molar-refractivity contribution in [3.8, 4) is 0 Å². The van der Waals surface area contributed by atoms with E-state index < -0.39 is 0 Å². The molecule has 1 N–H and O–H groups in total. The van der Waals surface area contributed by atoms with Gasteiger partial charge in [-0.05, 0) is 55.7 Å². The van der Waals surface area contributed by atoms with Crippen molar-refractivity contribution in [3.05, 3.63) is 35.4 Å². The summed E-state index contributed by atoms with van der Waals surface area (Å²) in [5.74, 6) is 0.817. The molecule has 1 rings (SSSR count). The Hall–Kier alpha value is -0.820. The van der Waals surface area contributed by atoms with Gasteiger partial charge in [-0.1, -0.05) is 64.8 Å². The molecule has 120 valence electrons. The number of hydrogen-bond donors (Lipinski definition) is 1. The van der Waals surface area contributed by atoms with Gasteiger partial charge >= 0.3 is 0 Å². The fourth-order valence-electron chi connectivity index (χ4n) is 3.19. The van der Waals surface area contributed by atoms with E-state index in [9.17, 15) is 0 Å². The van der Waals surface area contributed by atoms with Crippen LogP contribution in [0.3, 0.4) is 0 Å². The fraction of sp³-hybridized carbons (Fsp3) is 0.700. The van der Waals surface area contributed by atoms with Crippen molar-refractivity contribution in [1.82, 2.24) is 5.32 Å². The second-order valence-corrected chi connectivity index (χ2v) is 6.27. The number of nitrogens with one attached hydrogen (secondary N) is 1. The van der Waals surface area contributed by atoms with Crippen LogP contribution in [0.1, 0.15) is 70.9 Å². The van der Waals surface area contributed by atoms with E-state index in [1.807, 2.05) is 0 Å². The molecule has 21 heavy (non-hydrogen) atoms. The van der Waals surface area contributed by atoms with Crippen LogP contribution in [0.15, 0.2) is 24.3 Å². The SMILES string of the molecule is CCCNC(Cc1ccc(CC)cc1)C(CCC)CCC. The fourth-order valence-corrected chi connectivity index (χ4v) is 3.19. The van der Waals surface area contributed by atoms with Crippen LogP contribution < -0.4 is 5.32 Å². The summed E-state index contributed by atoms with van der Waals surface area (Å²) in [6, 6.07) is 9.88. The lowest BCUT2D eigenvalue weighted by Crippen LogP contribution is -2.38. The number of aryl methyl sites for hydroxylation is 1. The Morgan fingerprint density at radius 3 is 1.86 bits per heavy atom. The molecule has 0 heterocycles. The summed E-state index contributed by atoms with van der Waals surface area (Å²) in [6.07, 6.45) is 8.81. The number of hydrogen-bond acceptors (Lipinski definition) is 1. The highest BCUT2D eigenvalue weighted by atomic mass is 14.9. The summed E-state index contributed by atoms with van der Waals surface area (Å²) in [5.41, 5.74) is 2.92. The van der Waals surface area contributed by atoms with Crippen molar-refractivity contribution in [2.45, 2.75) is 78.7 Å². The van der Waals surface area contributed by atoms with Crippen LogP contribution in [-0.2, 0) is 12.8 Å². The van der Waals surface area contributed by atoms with Gasteiger partial charge in [0, 0.05) is 6.04 Å². The largest absolute Gasteiger partial charge is 0.313 e. The van der Waals surface area contributed by atoms with Crippen molar-refractivity contribution in [3.63, 3.8) is 0 Å².